The van der Waals surface area contributed by atoms with Crippen LogP contribution in [0.1, 0.15) is 157 Å². The third kappa shape index (κ3) is 18.0. The summed E-state index contributed by atoms with van der Waals surface area (Å²) in [5.74, 6) is 1.71. The molecule has 0 radical (unpaired) electrons. The van der Waals surface area contributed by atoms with Crippen molar-refractivity contribution in [1.29, 1.82) is 0 Å². The minimum Gasteiger partial charge on any atom is -0.287 e. The number of nitrogens with zero attached hydrogens (tertiary/aromatic N) is 1. The molecule has 0 unspecified atom stereocenters. The van der Waals surface area contributed by atoms with Crippen molar-refractivity contribution in [3.05, 3.63) is 183 Å². The quantitative estimate of drug-likeness (QED) is 0.0293. The van der Waals surface area contributed by atoms with E-state index < -0.39 is 195 Å². The number of carbonyl (C=O) groups is 1. The van der Waals surface area contributed by atoms with Gasteiger partial charge in [0, 0.05) is 23.6 Å². The van der Waals surface area contributed by atoms with Crippen LogP contribution in [-0.4, -0.2) is 11.9 Å². The van der Waals surface area contributed by atoms with Gasteiger partial charge in [-0.05, 0) is 55.9 Å². The molecule has 6 aromatic rings. The number of aromatic nitrogens is 1. The summed E-state index contributed by atoms with van der Waals surface area (Å²) in [6, 6.07) is 7.29. The van der Waals surface area contributed by atoms with E-state index in [1.165, 1.54) is 89.2 Å². The smallest absolute Gasteiger partial charge is 0.287 e. The van der Waals surface area contributed by atoms with Crippen LogP contribution in [0.2, 0.25) is 0 Å². The normalized spacial score (nSPS) is 15.9. The molecule has 0 atom stereocenters. The molecule has 0 spiro atoms. The van der Waals surface area contributed by atoms with Gasteiger partial charge in [0.1, 0.15) is 6.15 Å². The first kappa shape index (κ1) is 70.4. The molecule has 2 nitrogen and oxygen atoms in total. The van der Waals surface area contributed by atoms with Crippen LogP contribution in [0.15, 0.2) is 128 Å². The molecule has 1 saturated carbocycles. The minimum absolute atomic E-state index is 0.196. The summed E-state index contributed by atoms with van der Waals surface area (Å²) in [5.41, 5.74) is -28.1. The van der Waals surface area contributed by atoms with Crippen LogP contribution in [0.25, 0.3) is 0 Å². The van der Waals surface area contributed by atoms with Crippen LogP contribution < -0.4 is 26.4 Å². The third-order valence-electron chi connectivity index (χ3n) is 15.6. The van der Waals surface area contributed by atoms with Gasteiger partial charge in [-0.1, -0.05) is 150 Å². The topological polar surface area (TPSA) is 20.9 Å². The lowest BCUT2D eigenvalue weighted by molar-refractivity contribution is -0.692. The van der Waals surface area contributed by atoms with Crippen LogP contribution in [0.4, 0.5) is 105 Å². The van der Waals surface area contributed by atoms with Gasteiger partial charge >= 0.3 is 49.4 Å². The van der Waals surface area contributed by atoms with Crippen LogP contribution in [-0.2, 0) is 56.0 Å². The molecule has 1 heterocycles. The maximum Gasteiger partial charge on any atom is 0.416 e. The Kier molecular flexibility index (Phi) is 21.7. The largest absolute Gasteiger partial charge is 0.416 e. The van der Waals surface area contributed by atoms with E-state index in [-0.39, 0.29) is 5.78 Å². The summed E-state index contributed by atoms with van der Waals surface area (Å²) in [5, 5.41) is 0. The summed E-state index contributed by atoms with van der Waals surface area (Å²) in [6.45, 7) is 2.73. The molecular formula is C61H54BF24NO. The van der Waals surface area contributed by atoms with Gasteiger partial charge < -0.3 is 0 Å². The zero-order chi connectivity index (χ0) is 65.6. The fourth-order valence-electron chi connectivity index (χ4n) is 11.3. The summed E-state index contributed by atoms with van der Waals surface area (Å²) >= 11 is 0. The molecule has 1 aliphatic carbocycles. The van der Waals surface area contributed by atoms with Gasteiger partial charge in [0.25, 0.3) is 0 Å². The second kappa shape index (κ2) is 27.2. The highest BCUT2D eigenvalue weighted by Crippen LogP contribution is 2.42. The first-order chi connectivity index (χ1) is 40.5. The van der Waals surface area contributed by atoms with Crippen molar-refractivity contribution >= 4 is 33.8 Å². The van der Waals surface area contributed by atoms with Crippen LogP contribution >= 0.6 is 0 Å². The highest BCUT2D eigenvalue weighted by Gasteiger charge is 2.47. The molecule has 0 saturated heterocycles. The van der Waals surface area contributed by atoms with E-state index in [4.69, 9.17) is 0 Å². The Bertz CT molecular complexity index is 2870. The van der Waals surface area contributed by atoms with E-state index in [2.05, 4.69) is 35.9 Å². The highest BCUT2D eigenvalue weighted by atomic mass is 19.4. The van der Waals surface area contributed by atoms with E-state index in [0.29, 0.717) is 12.5 Å². The first-order valence-electron chi connectivity index (χ1n) is 27.5. The number of halogens is 24. The van der Waals surface area contributed by atoms with Crippen molar-refractivity contribution in [2.75, 3.05) is 0 Å². The Labute approximate surface area is 488 Å². The Morgan fingerprint density at radius 3 is 0.989 bits per heavy atom. The van der Waals surface area contributed by atoms with Crippen molar-refractivity contribution in [3.8, 4) is 0 Å². The van der Waals surface area contributed by atoms with E-state index in [1.807, 2.05) is 30.3 Å². The molecule has 0 aliphatic heterocycles. The minimum atomic E-state index is -6.13. The monoisotopic (exact) mass is 1280 g/mol. The zero-order valence-electron chi connectivity index (χ0n) is 46.2. The van der Waals surface area contributed by atoms with Crippen molar-refractivity contribution in [3.63, 3.8) is 0 Å². The fourth-order valence-corrected chi connectivity index (χ4v) is 11.3. The first-order valence-corrected chi connectivity index (χ1v) is 27.5. The molecule has 5 aromatic carbocycles. The third-order valence-corrected chi connectivity index (χ3v) is 15.6. The molecule has 0 N–H and O–H groups in total. The number of hydrogen-bond donors (Lipinski definition) is 0. The molecule has 1 aliphatic rings. The summed E-state index contributed by atoms with van der Waals surface area (Å²) in [7, 11) is 0. The number of hydrogen-bond acceptors (Lipinski definition) is 1. The number of rotatable bonds is 17. The van der Waals surface area contributed by atoms with E-state index in [1.54, 1.807) is 0 Å². The summed E-state index contributed by atoms with van der Waals surface area (Å²) in [6.07, 6.45) is -34.7. The number of Topliss-reactive ketones (excluding diaryl/α,β-unsaturated/α-hetero) is 1. The number of ketones is 1. The lowest BCUT2D eigenvalue weighted by Crippen LogP contribution is -2.75. The van der Waals surface area contributed by atoms with Gasteiger partial charge in [-0.3, -0.25) is 4.79 Å². The molecule has 88 heavy (non-hydrogen) atoms. The Morgan fingerprint density at radius 1 is 0.386 bits per heavy atom. The average Bonchev–Trinajstić information content (AvgIpc) is 0.760. The second-order valence-electron chi connectivity index (χ2n) is 21.7. The van der Waals surface area contributed by atoms with Gasteiger partial charge in [0.05, 0.1) is 44.5 Å². The number of pyridine rings is 1. The van der Waals surface area contributed by atoms with Crippen molar-refractivity contribution in [2.24, 2.45) is 5.92 Å². The summed E-state index contributed by atoms with van der Waals surface area (Å²) < 4.78 is 343. The van der Waals surface area contributed by atoms with Crippen LogP contribution in [0, 0.1) is 5.92 Å². The van der Waals surface area contributed by atoms with E-state index >= 15 is 0 Å². The van der Waals surface area contributed by atoms with Crippen molar-refractivity contribution < 1.29 is 115 Å². The standard InChI is InChI=1S/C32H12BF24.C29H42NO/c34-25(35,36)13-1-14(26(37,38)39)6-21(5-13)33(22-7-15(27(40,41)42)2-16(8-22)28(43,44)45,23-9-17(29(46,47)48)3-18(10-23)30(49,50)51)24-11-19(31(52,53)54)4-20(12-24)32(55,56)57;1-2-3-4-5-6-7-8-10-15-25-19-21-26(22-20-25)28-18-13-14-23-30(28)24-29(31)27-16-11-9-12-17-27/h1-12H;9,11-14,16-18,23,25-26H,2-8,10,15,19-22,24H2,1H3/q-1;+1. The van der Waals surface area contributed by atoms with Gasteiger partial charge in [0.15, 0.2) is 11.9 Å². The average molecular weight is 1280 g/mol. The SMILES string of the molecule is CCCCCCCCCCC1CCC(c2cccc[n+]2CC(=O)c2ccccc2)CC1.FC(F)(F)c1cc([B-](c2cc(C(F)(F)F)cc(C(F)(F)F)c2)(c2cc(C(F)(F)F)cc(C(F)(F)F)c2)c2cc(C(F)(F)F)cc(C(F)(F)F)c2)cc(C(F)(F)F)c1. The lowest BCUT2D eigenvalue weighted by atomic mass is 9.12. The van der Waals surface area contributed by atoms with Gasteiger partial charge in [-0.15, -0.1) is 0 Å². The molecule has 1 aromatic heterocycles. The summed E-state index contributed by atoms with van der Waals surface area (Å²) in [4.78, 5) is 12.7. The lowest BCUT2D eigenvalue weighted by Gasteiger charge is -2.46. The van der Waals surface area contributed by atoms with E-state index in [0.717, 1.165) is 11.5 Å². The van der Waals surface area contributed by atoms with Crippen LogP contribution in [0.5, 0.6) is 0 Å². The maximum absolute atomic E-state index is 14.2. The number of unbranched alkanes of at least 4 members (excludes halogenated alkanes) is 7. The van der Waals surface area contributed by atoms with Gasteiger partial charge in [0.2, 0.25) is 12.3 Å². The maximum atomic E-state index is 14.2. The Morgan fingerprint density at radius 2 is 0.682 bits per heavy atom. The predicted molar refractivity (Wildman–Crippen MR) is 279 cm³/mol. The van der Waals surface area contributed by atoms with Crippen molar-refractivity contribution in [2.45, 2.75) is 152 Å². The molecule has 1 fully saturated rings. The van der Waals surface area contributed by atoms with Gasteiger partial charge in [-0.2, -0.15) is 132 Å². The zero-order valence-corrected chi connectivity index (χ0v) is 46.2. The number of benzene rings is 5. The number of alkyl halides is 24. The number of carbonyl (C=O) groups excluding carboxylic acids is 1. The van der Waals surface area contributed by atoms with E-state index in [9.17, 15) is 110 Å². The molecule has 0 amide bonds. The van der Waals surface area contributed by atoms with Crippen molar-refractivity contribution in [1.82, 2.24) is 0 Å². The Balaban J connectivity index is 0.000000334. The fraction of sp³-hybridized carbons (Fsp3) is 0.410. The molecule has 7 rings (SSSR count). The predicted octanol–water partition coefficient (Wildman–Crippen LogP) is 18.9. The van der Waals surface area contributed by atoms with Gasteiger partial charge in [-0.25, -0.2) is 0 Å². The molecule has 27 heteroatoms. The molecule has 0 bridgehead atoms. The molecule has 480 valence electrons. The Hall–Kier alpha value is -6.70. The van der Waals surface area contributed by atoms with Crippen LogP contribution in [0.3, 0.4) is 0 Å². The molecular weight excluding hydrogens is 1230 g/mol. The highest BCUT2D eigenvalue weighted by molar-refractivity contribution is 7.20. The second-order valence-corrected chi connectivity index (χ2v) is 21.7.